The SMILES string of the molecule is COc1ccc(OC)c(C(c2nnnn2C2CCCCC2)N2CCc3ccccc3C2)c1.Cl. The summed E-state index contributed by atoms with van der Waals surface area (Å²) in [4.78, 5) is 2.48. The fourth-order valence-electron chi connectivity index (χ4n) is 5.26. The predicted molar refractivity (Wildman–Crippen MR) is 129 cm³/mol. The molecule has 1 saturated carbocycles. The number of hydrogen-bond acceptors (Lipinski definition) is 6. The van der Waals surface area contributed by atoms with Gasteiger partial charge in [-0.3, -0.25) is 4.90 Å². The number of halogens is 1. The molecule has 176 valence electrons. The van der Waals surface area contributed by atoms with Crippen LogP contribution in [0.3, 0.4) is 0 Å². The summed E-state index contributed by atoms with van der Waals surface area (Å²) in [6.07, 6.45) is 7.02. The van der Waals surface area contributed by atoms with Crippen LogP contribution in [-0.4, -0.2) is 45.9 Å². The summed E-state index contributed by atoms with van der Waals surface area (Å²) in [6.45, 7) is 1.78. The number of hydrogen-bond donors (Lipinski definition) is 0. The maximum atomic E-state index is 5.81. The molecule has 0 N–H and O–H groups in total. The number of rotatable bonds is 6. The van der Waals surface area contributed by atoms with Crippen LogP contribution in [0.25, 0.3) is 0 Å². The lowest BCUT2D eigenvalue weighted by Gasteiger charge is -2.36. The van der Waals surface area contributed by atoms with Crippen molar-refractivity contribution in [1.29, 1.82) is 0 Å². The Kier molecular flexibility index (Phi) is 7.50. The molecule has 1 aliphatic carbocycles. The molecule has 1 fully saturated rings. The summed E-state index contributed by atoms with van der Waals surface area (Å²) in [6, 6.07) is 14.9. The van der Waals surface area contributed by atoms with Gasteiger partial charge in [0.05, 0.1) is 20.3 Å². The summed E-state index contributed by atoms with van der Waals surface area (Å²) in [5, 5.41) is 13.2. The minimum absolute atomic E-state index is 0. The van der Waals surface area contributed by atoms with Crippen molar-refractivity contribution in [2.75, 3.05) is 20.8 Å². The Morgan fingerprint density at radius 2 is 1.76 bits per heavy atom. The number of tetrazole rings is 1. The van der Waals surface area contributed by atoms with Crippen molar-refractivity contribution in [3.05, 3.63) is 65.0 Å². The summed E-state index contributed by atoms with van der Waals surface area (Å²) < 4.78 is 13.5. The molecule has 33 heavy (non-hydrogen) atoms. The summed E-state index contributed by atoms with van der Waals surface area (Å²) in [7, 11) is 3.42. The van der Waals surface area contributed by atoms with E-state index in [9.17, 15) is 0 Å². The van der Waals surface area contributed by atoms with Gasteiger partial charge in [0.1, 0.15) is 17.5 Å². The fraction of sp³-hybridized carbons (Fsp3) is 0.480. The number of aromatic nitrogens is 4. The first-order valence-electron chi connectivity index (χ1n) is 11.6. The first kappa shape index (κ1) is 23.5. The molecule has 2 aliphatic rings. The lowest BCUT2D eigenvalue weighted by atomic mass is 9.93. The van der Waals surface area contributed by atoms with E-state index in [0.717, 1.165) is 55.2 Å². The van der Waals surface area contributed by atoms with Crippen LogP contribution in [0, 0.1) is 0 Å². The van der Waals surface area contributed by atoms with Gasteiger partial charge in [-0.05, 0) is 59.0 Å². The van der Waals surface area contributed by atoms with Gasteiger partial charge in [-0.1, -0.05) is 43.5 Å². The normalized spacial score (nSPS) is 17.6. The second kappa shape index (κ2) is 10.5. The van der Waals surface area contributed by atoms with E-state index >= 15 is 0 Å². The molecule has 1 unspecified atom stereocenters. The van der Waals surface area contributed by atoms with Crippen molar-refractivity contribution in [3.63, 3.8) is 0 Å². The highest BCUT2D eigenvalue weighted by Crippen LogP contribution is 2.40. The van der Waals surface area contributed by atoms with E-state index in [1.807, 2.05) is 12.1 Å². The van der Waals surface area contributed by atoms with E-state index in [-0.39, 0.29) is 18.4 Å². The zero-order valence-corrected chi connectivity index (χ0v) is 20.1. The predicted octanol–water partition coefficient (Wildman–Crippen LogP) is 4.77. The van der Waals surface area contributed by atoms with Gasteiger partial charge in [-0.15, -0.1) is 17.5 Å². The third-order valence-electron chi connectivity index (χ3n) is 6.94. The van der Waals surface area contributed by atoms with Crippen LogP contribution in [0.4, 0.5) is 0 Å². The maximum Gasteiger partial charge on any atom is 0.173 e. The molecule has 0 radical (unpaired) electrons. The Morgan fingerprint density at radius 3 is 2.52 bits per heavy atom. The second-order valence-electron chi connectivity index (χ2n) is 8.77. The van der Waals surface area contributed by atoms with E-state index in [1.54, 1.807) is 14.2 Å². The fourth-order valence-corrected chi connectivity index (χ4v) is 5.26. The van der Waals surface area contributed by atoms with Gasteiger partial charge in [0.2, 0.25) is 0 Å². The van der Waals surface area contributed by atoms with Crippen molar-refractivity contribution in [1.82, 2.24) is 25.1 Å². The third-order valence-corrected chi connectivity index (χ3v) is 6.94. The smallest absolute Gasteiger partial charge is 0.173 e. The molecule has 1 aliphatic heterocycles. The van der Waals surface area contributed by atoms with E-state index in [0.29, 0.717) is 6.04 Å². The molecule has 8 heteroatoms. The van der Waals surface area contributed by atoms with E-state index < -0.39 is 0 Å². The van der Waals surface area contributed by atoms with Crippen LogP contribution in [0.15, 0.2) is 42.5 Å². The number of ether oxygens (including phenoxy) is 2. The largest absolute Gasteiger partial charge is 0.497 e. The zero-order valence-electron chi connectivity index (χ0n) is 19.3. The summed E-state index contributed by atoms with van der Waals surface area (Å²) >= 11 is 0. The highest BCUT2D eigenvalue weighted by Gasteiger charge is 2.34. The lowest BCUT2D eigenvalue weighted by Crippen LogP contribution is -2.37. The average molecular weight is 470 g/mol. The molecule has 0 amide bonds. The Bertz CT molecular complexity index is 1070. The number of methoxy groups -OCH3 is 2. The van der Waals surface area contributed by atoms with Crippen molar-refractivity contribution in [2.24, 2.45) is 0 Å². The molecule has 3 aromatic rings. The molecule has 2 heterocycles. The maximum absolute atomic E-state index is 5.81. The molecular weight excluding hydrogens is 438 g/mol. The van der Waals surface area contributed by atoms with Crippen molar-refractivity contribution >= 4 is 12.4 Å². The summed E-state index contributed by atoms with van der Waals surface area (Å²) in [5.41, 5.74) is 3.83. The first-order valence-corrected chi connectivity index (χ1v) is 11.6. The molecule has 0 saturated heterocycles. The Balaban J connectivity index is 0.00000259. The van der Waals surface area contributed by atoms with Gasteiger partial charge in [0, 0.05) is 18.7 Å². The van der Waals surface area contributed by atoms with Crippen LogP contribution >= 0.6 is 12.4 Å². The Labute approximate surface area is 201 Å². The van der Waals surface area contributed by atoms with Gasteiger partial charge >= 0.3 is 0 Å². The van der Waals surface area contributed by atoms with Crippen LogP contribution in [0.2, 0.25) is 0 Å². The number of benzene rings is 2. The van der Waals surface area contributed by atoms with Gasteiger partial charge in [0.25, 0.3) is 0 Å². The average Bonchev–Trinajstić information content (AvgIpc) is 3.34. The molecule has 5 rings (SSSR count). The minimum Gasteiger partial charge on any atom is -0.497 e. The van der Waals surface area contributed by atoms with E-state index in [1.165, 1.54) is 30.4 Å². The van der Waals surface area contributed by atoms with Gasteiger partial charge in [-0.25, -0.2) is 4.68 Å². The van der Waals surface area contributed by atoms with Crippen LogP contribution in [0.5, 0.6) is 11.5 Å². The first-order chi connectivity index (χ1) is 15.8. The lowest BCUT2D eigenvalue weighted by molar-refractivity contribution is 0.184. The van der Waals surface area contributed by atoms with Gasteiger partial charge in [0.15, 0.2) is 5.82 Å². The molecule has 1 aromatic heterocycles. The third kappa shape index (κ3) is 4.70. The second-order valence-corrected chi connectivity index (χ2v) is 8.77. The molecule has 2 aromatic carbocycles. The van der Waals surface area contributed by atoms with Crippen molar-refractivity contribution in [2.45, 2.75) is 57.2 Å². The Hall–Kier alpha value is -2.64. The molecule has 7 nitrogen and oxygen atoms in total. The monoisotopic (exact) mass is 469 g/mol. The van der Waals surface area contributed by atoms with Crippen LogP contribution in [-0.2, 0) is 13.0 Å². The highest BCUT2D eigenvalue weighted by atomic mass is 35.5. The molecule has 1 atom stereocenters. The zero-order chi connectivity index (χ0) is 21.9. The standard InChI is InChI=1S/C25H31N5O2.ClH/c1-31-21-12-13-23(32-2)22(16-21)24(29-15-14-18-8-6-7-9-19(18)17-29)25-26-27-28-30(25)20-10-4-3-5-11-20;/h6-9,12-13,16,20,24H,3-5,10-11,14-15,17H2,1-2H3;1H. The topological polar surface area (TPSA) is 65.3 Å². The van der Waals surface area contributed by atoms with Crippen LogP contribution in [0.1, 0.15) is 66.7 Å². The molecular formula is C25H32ClN5O2. The van der Waals surface area contributed by atoms with E-state index in [4.69, 9.17) is 9.47 Å². The van der Waals surface area contributed by atoms with E-state index in [2.05, 4.69) is 55.4 Å². The van der Waals surface area contributed by atoms with Crippen LogP contribution < -0.4 is 9.47 Å². The van der Waals surface area contributed by atoms with Gasteiger partial charge < -0.3 is 9.47 Å². The minimum atomic E-state index is -0.120. The number of nitrogens with zero attached hydrogens (tertiary/aromatic N) is 5. The highest BCUT2D eigenvalue weighted by molar-refractivity contribution is 5.85. The Morgan fingerprint density at radius 1 is 0.970 bits per heavy atom. The van der Waals surface area contributed by atoms with Crippen molar-refractivity contribution < 1.29 is 9.47 Å². The summed E-state index contributed by atoms with van der Waals surface area (Å²) in [5.74, 6) is 2.52. The molecule has 0 bridgehead atoms. The van der Waals surface area contributed by atoms with Crippen molar-refractivity contribution in [3.8, 4) is 11.5 Å². The molecule has 0 spiro atoms. The number of fused-ring (bicyclic) bond motifs is 1. The van der Waals surface area contributed by atoms with Gasteiger partial charge in [-0.2, -0.15) is 0 Å². The quantitative estimate of drug-likeness (QED) is 0.518.